The molecule has 4 saturated carbocycles. The van der Waals surface area contributed by atoms with Crippen molar-refractivity contribution in [2.45, 2.75) is 62.2 Å². The molecule has 14 rings (SSSR count). The third-order valence-electron chi connectivity index (χ3n) is 16.8. The lowest BCUT2D eigenvalue weighted by Crippen LogP contribution is -2.68. The molecule has 1 aromatic heterocycles. The van der Waals surface area contributed by atoms with E-state index in [1.165, 1.54) is 59.9 Å². The van der Waals surface area contributed by atoms with Crippen LogP contribution >= 0.6 is 0 Å². The van der Waals surface area contributed by atoms with Crippen LogP contribution in [-0.2, 0) is 16.2 Å². The van der Waals surface area contributed by atoms with Crippen LogP contribution in [0.5, 0.6) is 11.5 Å². The Bertz CT molecular complexity index is 3050. The van der Waals surface area contributed by atoms with Crippen molar-refractivity contribution in [3.8, 4) is 11.5 Å². The summed E-state index contributed by atoms with van der Waals surface area (Å²) in [6.45, 7) is 4.76. The van der Waals surface area contributed by atoms with Crippen LogP contribution in [0.2, 0.25) is 0 Å². The topological polar surface area (TPSA) is 25.6 Å². The highest BCUT2D eigenvalue weighted by Gasteiger charge is 2.80. The van der Waals surface area contributed by atoms with Gasteiger partial charge in [0.2, 0.25) is 0 Å². The lowest BCUT2D eigenvalue weighted by molar-refractivity contribution is -0.198. The van der Waals surface area contributed by atoms with Crippen LogP contribution in [0.1, 0.15) is 84.9 Å². The highest BCUT2D eigenvalue weighted by atomic mass is 16.5. The predicted molar refractivity (Wildman–Crippen MR) is 237 cm³/mol. The molecule has 5 aliphatic carbocycles. The molecule has 2 spiro atoms. The molecule has 1 aliphatic heterocycles. The van der Waals surface area contributed by atoms with Crippen molar-refractivity contribution in [2.75, 3.05) is 4.90 Å². The molecule has 4 fully saturated rings. The maximum absolute atomic E-state index is 6.95. The molecule has 0 radical (unpaired) electrons. The molecule has 3 nitrogen and oxygen atoms in total. The average Bonchev–Trinajstić information content (AvgIpc) is 3.92. The quantitative estimate of drug-likeness (QED) is 0.179. The van der Waals surface area contributed by atoms with Crippen molar-refractivity contribution in [1.82, 2.24) is 0 Å². The summed E-state index contributed by atoms with van der Waals surface area (Å²) < 4.78 is 13.5. The number of rotatable bonds is 4. The summed E-state index contributed by atoms with van der Waals surface area (Å²) in [4.78, 5) is 2.49. The van der Waals surface area contributed by atoms with Gasteiger partial charge in [0.05, 0.1) is 16.5 Å². The first kappa shape index (κ1) is 32.8. The van der Waals surface area contributed by atoms with E-state index in [0.717, 1.165) is 73.8 Å². The van der Waals surface area contributed by atoms with Gasteiger partial charge in [0.15, 0.2) is 0 Å². The summed E-state index contributed by atoms with van der Waals surface area (Å²) in [6, 6.07) is 58.8. The Balaban J connectivity index is 1.02. The summed E-state index contributed by atoms with van der Waals surface area (Å²) in [5.41, 5.74) is 14.6. The van der Waals surface area contributed by atoms with Crippen molar-refractivity contribution in [2.24, 2.45) is 23.2 Å². The van der Waals surface area contributed by atoms with Gasteiger partial charge in [0.1, 0.15) is 22.7 Å². The van der Waals surface area contributed by atoms with Crippen molar-refractivity contribution >= 4 is 39.0 Å². The fourth-order valence-electron chi connectivity index (χ4n) is 14.7. The lowest BCUT2D eigenvalue weighted by atomic mass is 9.31. The lowest BCUT2D eigenvalue weighted by Gasteiger charge is -2.73. The molecule has 0 saturated heterocycles. The number of nitrogens with zero attached hydrogens (tertiary/aromatic N) is 1. The van der Waals surface area contributed by atoms with Crippen LogP contribution in [0.3, 0.4) is 0 Å². The zero-order chi connectivity index (χ0) is 38.9. The molecule has 2 bridgehead atoms. The Labute approximate surface area is 345 Å². The second-order valence-corrected chi connectivity index (χ2v) is 19.3. The first-order chi connectivity index (χ1) is 28.9. The van der Waals surface area contributed by atoms with Gasteiger partial charge in [-0.2, -0.15) is 0 Å². The van der Waals surface area contributed by atoms with Crippen molar-refractivity contribution in [3.63, 3.8) is 0 Å². The summed E-state index contributed by atoms with van der Waals surface area (Å²) in [6.07, 6.45) is 7.20. The van der Waals surface area contributed by atoms with Crippen molar-refractivity contribution in [1.29, 1.82) is 0 Å². The van der Waals surface area contributed by atoms with Gasteiger partial charge in [0, 0.05) is 38.7 Å². The van der Waals surface area contributed by atoms with Crippen LogP contribution in [-0.4, -0.2) is 0 Å². The molecule has 5 unspecified atom stereocenters. The largest absolute Gasteiger partial charge is 0.457 e. The van der Waals surface area contributed by atoms with Gasteiger partial charge in [-0.05, 0) is 138 Å². The molecule has 3 heteroatoms. The number of benzene rings is 7. The SMILES string of the molecule is CC1(C)c2ccccc2C2(c3ccccc3Oc3ccc(N(c4ccc(C56CC7CC8CC(C5)C86C7)cc4)c4cccc5oc6ccccc6c45)cc32)c2ccccc21. The highest BCUT2D eigenvalue weighted by Crippen LogP contribution is 2.86. The number of furan rings is 1. The standard InChI is InChI=1S/C56H45NO2/c1-53(2)41-13-4-6-15-43(41)56(44-16-7-5-14-42(44)53)45-17-8-10-20-49(45)59-50-27-26-39(30-46(50)56)57(47-18-11-21-51-52(47)40-12-3-9-19-48(40)58-51)38-24-22-35(23-25-38)54-31-34-28-36-29-37(33-54)55(36,54)32-34/h3-27,30,34,36-37H,28-29,31-33H2,1-2H3. The van der Waals surface area contributed by atoms with Crippen LogP contribution < -0.4 is 9.64 Å². The number of hydrogen-bond acceptors (Lipinski definition) is 3. The van der Waals surface area contributed by atoms with E-state index in [0.29, 0.717) is 10.8 Å². The van der Waals surface area contributed by atoms with Crippen LogP contribution in [0.25, 0.3) is 21.9 Å². The zero-order valence-corrected chi connectivity index (χ0v) is 33.5. The molecule has 8 aromatic rings. The number of anilines is 3. The number of para-hydroxylation sites is 2. The Morgan fingerprint density at radius 3 is 1.95 bits per heavy atom. The third kappa shape index (κ3) is 3.79. The molecule has 286 valence electrons. The second kappa shape index (κ2) is 11.0. The van der Waals surface area contributed by atoms with Crippen molar-refractivity contribution in [3.05, 3.63) is 197 Å². The highest BCUT2D eigenvalue weighted by molar-refractivity contribution is 6.13. The molecule has 0 amide bonds. The molecule has 6 aliphatic rings. The first-order valence-corrected chi connectivity index (χ1v) is 21.8. The van der Waals surface area contributed by atoms with Gasteiger partial charge in [-0.15, -0.1) is 0 Å². The first-order valence-electron chi connectivity index (χ1n) is 21.8. The minimum absolute atomic E-state index is 0.187. The van der Waals surface area contributed by atoms with Gasteiger partial charge < -0.3 is 14.1 Å². The van der Waals surface area contributed by atoms with E-state index < -0.39 is 5.41 Å². The Hall–Kier alpha value is -6.06. The van der Waals surface area contributed by atoms with E-state index in [2.05, 4.69) is 176 Å². The zero-order valence-electron chi connectivity index (χ0n) is 33.5. The minimum Gasteiger partial charge on any atom is -0.457 e. The maximum atomic E-state index is 6.95. The molecule has 7 aromatic carbocycles. The molecular formula is C56H45NO2. The molecule has 2 heterocycles. The van der Waals surface area contributed by atoms with Crippen LogP contribution in [0.15, 0.2) is 162 Å². The van der Waals surface area contributed by atoms with Crippen molar-refractivity contribution < 1.29 is 9.15 Å². The van der Waals surface area contributed by atoms with Gasteiger partial charge in [-0.3, -0.25) is 0 Å². The van der Waals surface area contributed by atoms with E-state index in [4.69, 9.17) is 9.15 Å². The van der Waals surface area contributed by atoms with Gasteiger partial charge >= 0.3 is 0 Å². The molecule has 59 heavy (non-hydrogen) atoms. The van der Waals surface area contributed by atoms with E-state index >= 15 is 0 Å². The molecular weight excluding hydrogens is 719 g/mol. The van der Waals surface area contributed by atoms with Gasteiger partial charge in [0.25, 0.3) is 0 Å². The third-order valence-corrected chi connectivity index (χ3v) is 16.8. The van der Waals surface area contributed by atoms with Gasteiger partial charge in [-0.25, -0.2) is 0 Å². The maximum Gasteiger partial charge on any atom is 0.137 e. The van der Waals surface area contributed by atoms with E-state index in [1.807, 2.05) is 0 Å². The Morgan fingerprint density at radius 1 is 0.525 bits per heavy atom. The molecule has 0 N–H and O–H groups in total. The fraction of sp³-hybridized carbons (Fsp3) is 0.250. The van der Waals surface area contributed by atoms with E-state index in [-0.39, 0.29) is 5.41 Å². The van der Waals surface area contributed by atoms with Crippen LogP contribution in [0, 0.1) is 23.2 Å². The Morgan fingerprint density at radius 2 is 1.19 bits per heavy atom. The smallest absolute Gasteiger partial charge is 0.137 e. The normalized spacial score (nSPS) is 26.5. The number of hydrogen-bond donors (Lipinski definition) is 0. The second-order valence-electron chi connectivity index (χ2n) is 19.3. The summed E-state index contributed by atoms with van der Waals surface area (Å²) in [7, 11) is 0. The Kier molecular flexibility index (Phi) is 6.10. The van der Waals surface area contributed by atoms with E-state index in [9.17, 15) is 0 Å². The summed E-state index contributed by atoms with van der Waals surface area (Å²) >= 11 is 0. The number of ether oxygens (including phenoxy) is 1. The summed E-state index contributed by atoms with van der Waals surface area (Å²) in [5.74, 6) is 4.64. The van der Waals surface area contributed by atoms with E-state index in [1.54, 1.807) is 5.56 Å². The summed E-state index contributed by atoms with van der Waals surface area (Å²) in [5, 5.41) is 2.25. The minimum atomic E-state index is -0.604. The fourth-order valence-corrected chi connectivity index (χ4v) is 14.7. The number of fused-ring (bicyclic) bond motifs is 12. The van der Waals surface area contributed by atoms with Crippen LogP contribution in [0.4, 0.5) is 17.1 Å². The average molecular weight is 764 g/mol. The van der Waals surface area contributed by atoms with Gasteiger partial charge in [-0.1, -0.05) is 117 Å². The molecule has 5 atom stereocenters. The predicted octanol–water partition coefficient (Wildman–Crippen LogP) is 14.3. The monoisotopic (exact) mass is 763 g/mol.